The van der Waals surface area contributed by atoms with Crippen LogP contribution in [0.1, 0.15) is 11.3 Å². The van der Waals surface area contributed by atoms with Crippen molar-refractivity contribution >= 4 is 17.4 Å². The highest BCUT2D eigenvalue weighted by Crippen LogP contribution is 2.20. The van der Waals surface area contributed by atoms with Crippen molar-refractivity contribution in [2.24, 2.45) is 0 Å². The fraction of sp³-hybridized carbons (Fsp3) is 0.167. The number of non-ortho nitro benzene ring substituents is 1. The number of furan rings is 1. The molecule has 0 saturated carbocycles. The average Bonchev–Trinajstić information content (AvgIpc) is 2.83. The van der Waals surface area contributed by atoms with Gasteiger partial charge in [0.1, 0.15) is 5.76 Å². The van der Waals surface area contributed by atoms with E-state index in [9.17, 15) is 10.1 Å². The maximum absolute atomic E-state index is 10.5. The molecule has 5 heteroatoms. The van der Waals surface area contributed by atoms with Gasteiger partial charge in [0, 0.05) is 17.9 Å². The fourth-order valence-corrected chi connectivity index (χ4v) is 2.27. The molecule has 0 bridgehead atoms. The predicted octanol–water partition coefficient (Wildman–Crippen LogP) is 3.62. The largest absolute Gasteiger partial charge is 0.468 e. The van der Waals surface area contributed by atoms with E-state index in [4.69, 9.17) is 4.42 Å². The van der Waals surface area contributed by atoms with Crippen molar-refractivity contribution in [1.82, 2.24) is 0 Å². The van der Waals surface area contributed by atoms with Gasteiger partial charge >= 0.3 is 0 Å². The highest BCUT2D eigenvalue weighted by Gasteiger charge is 2.04. The zero-order valence-corrected chi connectivity index (χ0v) is 9.85. The molecule has 88 valence electrons. The maximum Gasteiger partial charge on any atom is 0.269 e. The van der Waals surface area contributed by atoms with Crippen molar-refractivity contribution in [3.8, 4) is 0 Å². The second-order valence-corrected chi connectivity index (χ2v) is 4.48. The van der Waals surface area contributed by atoms with Crippen molar-refractivity contribution in [2.75, 3.05) is 0 Å². The number of rotatable bonds is 5. The van der Waals surface area contributed by atoms with E-state index in [0.29, 0.717) is 0 Å². The first-order valence-electron chi connectivity index (χ1n) is 5.09. The molecule has 17 heavy (non-hydrogen) atoms. The Labute approximate surface area is 103 Å². The molecule has 4 nitrogen and oxygen atoms in total. The minimum absolute atomic E-state index is 0.129. The van der Waals surface area contributed by atoms with Crippen LogP contribution in [0.25, 0.3) is 0 Å². The zero-order valence-electron chi connectivity index (χ0n) is 9.04. The van der Waals surface area contributed by atoms with Crippen molar-refractivity contribution in [2.45, 2.75) is 11.5 Å². The Balaban J connectivity index is 1.85. The lowest BCUT2D eigenvalue weighted by molar-refractivity contribution is -0.384. The molecule has 0 fully saturated rings. The molecule has 0 aliphatic carbocycles. The molecule has 0 aliphatic rings. The molecule has 1 heterocycles. The van der Waals surface area contributed by atoms with Crippen LogP contribution in [0.15, 0.2) is 47.1 Å². The Morgan fingerprint density at radius 2 is 1.94 bits per heavy atom. The number of hydrogen-bond acceptors (Lipinski definition) is 4. The SMILES string of the molecule is O=[N+]([O-])c1ccc(CSCc2ccco2)cc1. The topological polar surface area (TPSA) is 56.3 Å². The van der Waals surface area contributed by atoms with E-state index in [1.165, 1.54) is 12.1 Å². The van der Waals surface area contributed by atoms with Crippen molar-refractivity contribution < 1.29 is 9.34 Å². The van der Waals surface area contributed by atoms with E-state index in [2.05, 4.69) is 0 Å². The predicted molar refractivity (Wildman–Crippen MR) is 66.8 cm³/mol. The Morgan fingerprint density at radius 3 is 2.53 bits per heavy atom. The molecule has 0 saturated heterocycles. The van der Waals surface area contributed by atoms with Crippen LogP contribution in [-0.2, 0) is 11.5 Å². The van der Waals surface area contributed by atoms with Gasteiger partial charge in [0.25, 0.3) is 5.69 Å². The van der Waals surface area contributed by atoms with E-state index in [1.54, 1.807) is 30.2 Å². The Morgan fingerprint density at radius 1 is 1.18 bits per heavy atom. The van der Waals surface area contributed by atoms with Gasteiger partial charge in [-0.25, -0.2) is 0 Å². The van der Waals surface area contributed by atoms with E-state index < -0.39 is 0 Å². The van der Waals surface area contributed by atoms with E-state index in [1.807, 2.05) is 12.1 Å². The van der Waals surface area contributed by atoms with Crippen LogP contribution in [-0.4, -0.2) is 4.92 Å². The van der Waals surface area contributed by atoms with Crippen LogP contribution in [0.4, 0.5) is 5.69 Å². The Kier molecular flexibility index (Phi) is 3.82. The van der Waals surface area contributed by atoms with Crippen molar-refractivity contribution in [1.29, 1.82) is 0 Å². The van der Waals surface area contributed by atoms with Gasteiger partial charge in [0.2, 0.25) is 0 Å². The highest BCUT2D eigenvalue weighted by atomic mass is 32.2. The molecule has 0 atom stereocenters. The summed E-state index contributed by atoms with van der Waals surface area (Å²) in [5.74, 6) is 2.57. The molecule has 2 aromatic rings. The van der Waals surface area contributed by atoms with Crippen LogP contribution in [0, 0.1) is 10.1 Å². The number of nitro benzene ring substituents is 1. The lowest BCUT2D eigenvalue weighted by Gasteiger charge is -2.00. The van der Waals surface area contributed by atoms with Crippen LogP contribution in [0.5, 0.6) is 0 Å². The van der Waals surface area contributed by atoms with Gasteiger partial charge in [-0.05, 0) is 17.7 Å². The smallest absolute Gasteiger partial charge is 0.269 e. The summed E-state index contributed by atoms with van der Waals surface area (Å²) >= 11 is 1.71. The number of nitrogens with zero attached hydrogens (tertiary/aromatic N) is 1. The Bertz CT molecular complexity index is 479. The molecule has 1 aromatic heterocycles. The maximum atomic E-state index is 10.5. The van der Waals surface area contributed by atoms with Crippen LogP contribution >= 0.6 is 11.8 Å². The van der Waals surface area contributed by atoms with Crippen LogP contribution < -0.4 is 0 Å². The van der Waals surface area contributed by atoms with Crippen LogP contribution in [0.3, 0.4) is 0 Å². The quantitative estimate of drug-likeness (QED) is 0.600. The number of nitro groups is 1. The van der Waals surface area contributed by atoms with E-state index in [0.717, 1.165) is 22.8 Å². The van der Waals surface area contributed by atoms with E-state index >= 15 is 0 Å². The lowest BCUT2D eigenvalue weighted by atomic mass is 10.2. The summed E-state index contributed by atoms with van der Waals surface area (Å²) in [7, 11) is 0. The monoisotopic (exact) mass is 249 g/mol. The molecular formula is C12H11NO3S. The second kappa shape index (κ2) is 5.54. The minimum atomic E-state index is -0.389. The summed E-state index contributed by atoms with van der Waals surface area (Å²) in [5.41, 5.74) is 1.21. The van der Waals surface area contributed by atoms with Crippen LogP contribution in [0.2, 0.25) is 0 Å². The first kappa shape index (κ1) is 11.7. The molecule has 2 rings (SSSR count). The molecule has 0 unspecified atom stereocenters. The summed E-state index contributed by atoms with van der Waals surface area (Å²) in [6.45, 7) is 0. The Hall–Kier alpha value is -1.75. The third-order valence-corrected chi connectivity index (χ3v) is 3.27. The van der Waals surface area contributed by atoms with Gasteiger partial charge in [-0.15, -0.1) is 11.8 Å². The second-order valence-electron chi connectivity index (χ2n) is 3.50. The molecular weight excluding hydrogens is 238 g/mol. The highest BCUT2D eigenvalue weighted by molar-refractivity contribution is 7.97. The van der Waals surface area contributed by atoms with Gasteiger partial charge in [-0.2, -0.15) is 0 Å². The van der Waals surface area contributed by atoms with Gasteiger partial charge in [0.05, 0.1) is 16.9 Å². The normalized spacial score (nSPS) is 10.4. The molecule has 0 aliphatic heterocycles. The molecule has 0 N–H and O–H groups in total. The molecule has 0 spiro atoms. The summed E-state index contributed by atoms with van der Waals surface area (Å²) in [6.07, 6.45) is 1.65. The first-order chi connectivity index (χ1) is 8.25. The fourth-order valence-electron chi connectivity index (χ4n) is 1.38. The summed E-state index contributed by atoms with van der Waals surface area (Å²) in [5, 5.41) is 10.5. The number of hydrogen-bond donors (Lipinski definition) is 0. The van der Waals surface area contributed by atoms with E-state index in [-0.39, 0.29) is 10.6 Å². The zero-order chi connectivity index (χ0) is 12.1. The van der Waals surface area contributed by atoms with Gasteiger partial charge < -0.3 is 4.42 Å². The molecule has 0 radical (unpaired) electrons. The summed E-state index contributed by atoms with van der Waals surface area (Å²) in [6, 6.07) is 10.4. The minimum Gasteiger partial charge on any atom is -0.468 e. The average molecular weight is 249 g/mol. The van der Waals surface area contributed by atoms with Crippen molar-refractivity contribution in [3.05, 3.63) is 64.1 Å². The van der Waals surface area contributed by atoms with Gasteiger partial charge in [-0.1, -0.05) is 12.1 Å². The summed E-state index contributed by atoms with van der Waals surface area (Å²) < 4.78 is 5.21. The summed E-state index contributed by atoms with van der Waals surface area (Å²) in [4.78, 5) is 10.1. The lowest BCUT2D eigenvalue weighted by Crippen LogP contribution is -1.88. The standard InChI is InChI=1S/C12H11NO3S/c14-13(15)11-5-3-10(4-6-11)8-17-9-12-2-1-7-16-12/h1-7H,8-9H2. The third kappa shape index (κ3) is 3.35. The van der Waals surface area contributed by atoms with Crippen molar-refractivity contribution in [3.63, 3.8) is 0 Å². The molecule has 1 aromatic carbocycles. The van der Waals surface area contributed by atoms with Gasteiger partial charge in [-0.3, -0.25) is 10.1 Å². The third-order valence-electron chi connectivity index (χ3n) is 2.24. The number of thioether (sulfide) groups is 1. The molecule has 0 amide bonds. The van der Waals surface area contributed by atoms with Gasteiger partial charge in [0.15, 0.2) is 0 Å². The first-order valence-corrected chi connectivity index (χ1v) is 6.24. The number of benzene rings is 1.